The number of nitrogens with one attached hydrogen (secondary N) is 2. The van der Waals surface area contributed by atoms with Gasteiger partial charge in [-0.2, -0.15) is 0 Å². The number of nitrogens with zero attached hydrogens (tertiary/aromatic N) is 2. The molecule has 1 unspecified atom stereocenters. The van der Waals surface area contributed by atoms with Crippen LogP contribution in [0.1, 0.15) is 53.4 Å². The van der Waals surface area contributed by atoms with Gasteiger partial charge in [0.2, 0.25) is 9.47 Å². The van der Waals surface area contributed by atoms with E-state index in [9.17, 15) is 13.2 Å². The van der Waals surface area contributed by atoms with Crippen LogP contribution in [-0.4, -0.2) is 30.1 Å². The Kier molecular flexibility index (Phi) is 5.78. The third-order valence-electron chi connectivity index (χ3n) is 5.17. The highest BCUT2D eigenvalue weighted by Crippen LogP contribution is 2.40. The Labute approximate surface area is 191 Å². The lowest BCUT2D eigenvalue weighted by atomic mass is 9.89. The summed E-state index contributed by atoms with van der Waals surface area (Å²) < 4.78 is 34.7. The molecule has 0 aliphatic carbocycles. The molecule has 1 atom stereocenters. The van der Waals surface area contributed by atoms with Gasteiger partial charge in [0.05, 0.1) is 6.04 Å². The van der Waals surface area contributed by atoms with E-state index >= 15 is 0 Å². The van der Waals surface area contributed by atoms with Crippen molar-refractivity contribution in [3.63, 3.8) is 0 Å². The molecule has 2 N–H and O–H groups in total. The van der Waals surface area contributed by atoms with Crippen molar-refractivity contribution in [3.05, 3.63) is 64.7 Å². The molecule has 0 bridgehead atoms. The van der Waals surface area contributed by atoms with Gasteiger partial charge in [0.1, 0.15) is 11.4 Å². The number of ether oxygens (including phenoxy) is 1. The summed E-state index contributed by atoms with van der Waals surface area (Å²) in [4.78, 5) is 12.5. The van der Waals surface area contributed by atoms with Gasteiger partial charge in [-0.15, -0.1) is 10.2 Å². The van der Waals surface area contributed by atoms with E-state index in [4.69, 9.17) is 4.74 Å². The van der Waals surface area contributed by atoms with Crippen molar-refractivity contribution in [2.24, 2.45) is 0 Å². The Balaban J connectivity index is 1.55. The van der Waals surface area contributed by atoms with Crippen LogP contribution in [0, 0.1) is 13.8 Å². The van der Waals surface area contributed by atoms with Crippen LogP contribution in [0.25, 0.3) is 0 Å². The Hall–Kier alpha value is -2.82. The number of anilines is 1. The zero-order valence-corrected chi connectivity index (χ0v) is 19.8. The van der Waals surface area contributed by atoms with Crippen molar-refractivity contribution < 1.29 is 17.9 Å². The van der Waals surface area contributed by atoms with E-state index in [1.54, 1.807) is 12.1 Å². The van der Waals surface area contributed by atoms with Gasteiger partial charge in [-0.05, 0) is 45.4 Å². The minimum atomic E-state index is -3.97. The number of sulfonamides is 1. The van der Waals surface area contributed by atoms with E-state index < -0.39 is 21.7 Å². The molecule has 10 heteroatoms. The maximum Gasteiger partial charge on any atom is 0.270 e. The third-order valence-corrected chi connectivity index (χ3v) is 7.84. The molecule has 0 fully saturated rings. The molecule has 1 amide bonds. The average Bonchev–Trinajstić information content (AvgIpc) is 3.17. The van der Waals surface area contributed by atoms with Crippen LogP contribution in [0.3, 0.4) is 0 Å². The maximum absolute atomic E-state index is 13.1. The fraction of sp³-hybridized carbons (Fsp3) is 0.318. The lowest BCUT2D eigenvalue weighted by molar-refractivity contribution is 0.0701. The largest absolute Gasteiger partial charge is 0.487 e. The van der Waals surface area contributed by atoms with E-state index in [1.165, 1.54) is 0 Å². The number of carbonyl (C=O) groups is 1. The summed E-state index contributed by atoms with van der Waals surface area (Å²) in [5.41, 5.74) is 2.55. The lowest BCUT2D eigenvalue weighted by Crippen LogP contribution is -2.41. The second-order valence-corrected chi connectivity index (χ2v) is 11.3. The highest BCUT2D eigenvalue weighted by atomic mass is 32.2. The molecule has 3 aromatic rings. The van der Waals surface area contributed by atoms with Gasteiger partial charge in [0.15, 0.2) is 0 Å². The number of hydrogen-bond donors (Lipinski definition) is 2. The first-order valence-corrected chi connectivity index (χ1v) is 12.4. The molecule has 168 valence electrons. The predicted molar refractivity (Wildman–Crippen MR) is 123 cm³/mol. The van der Waals surface area contributed by atoms with Crippen molar-refractivity contribution in [2.75, 3.05) is 5.32 Å². The molecule has 2 heterocycles. The van der Waals surface area contributed by atoms with Crippen LogP contribution in [0.5, 0.6) is 5.75 Å². The fourth-order valence-electron chi connectivity index (χ4n) is 3.68. The Bertz CT molecular complexity index is 1280. The summed E-state index contributed by atoms with van der Waals surface area (Å²) in [6.07, 6.45) is 0.457. The molecular formula is C22H24N4O4S2. The standard InChI is InChI=1S/C22H24N4O4S2/c1-13-9-10-18-16(11-13)17(12-22(3,4)30-18)26-32(28,29)21-25-24-20(31-21)23-19(27)15-8-6-5-7-14(15)2/h5-11,17,26H,12H2,1-4H3,(H,23,24,27). The van der Waals surface area contributed by atoms with Gasteiger partial charge < -0.3 is 4.74 Å². The van der Waals surface area contributed by atoms with Gasteiger partial charge >= 0.3 is 0 Å². The van der Waals surface area contributed by atoms with Crippen molar-refractivity contribution in [3.8, 4) is 5.75 Å². The molecule has 0 spiro atoms. The summed E-state index contributed by atoms with van der Waals surface area (Å²) in [5, 5.41) is 10.4. The van der Waals surface area contributed by atoms with E-state index in [0.29, 0.717) is 17.7 Å². The summed E-state index contributed by atoms with van der Waals surface area (Å²) >= 11 is 0.806. The quantitative estimate of drug-likeness (QED) is 0.544. The van der Waals surface area contributed by atoms with E-state index in [-0.39, 0.29) is 15.4 Å². The number of carbonyl (C=O) groups excluding carboxylic acids is 1. The molecule has 1 aromatic heterocycles. The Morgan fingerprint density at radius 3 is 2.66 bits per heavy atom. The molecule has 8 nitrogen and oxygen atoms in total. The normalized spacial score (nSPS) is 17.3. The molecule has 0 radical (unpaired) electrons. The zero-order chi connectivity index (χ0) is 23.1. The van der Waals surface area contributed by atoms with Gasteiger partial charge in [0, 0.05) is 17.5 Å². The predicted octanol–water partition coefficient (Wildman–Crippen LogP) is 3.99. The number of aryl methyl sites for hydroxylation is 2. The van der Waals surface area contributed by atoms with Crippen LogP contribution in [0.2, 0.25) is 0 Å². The minimum Gasteiger partial charge on any atom is -0.487 e. The molecule has 0 saturated carbocycles. The van der Waals surface area contributed by atoms with Gasteiger partial charge in [-0.3, -0.25) is 10.1 Å². The van der Waals surface area contributed by atoms with Gasteiger partial charge in [-0.1, -0.05) is 47.2 Å². The molecule has 32 heavy (non-hydrogen) atoms. The number of fused-ring (bicyclic) bond motifs is 1. The summed E-state index contributed by atoms with van der Waals surface area (Å²) in [7, 11) is -3.97. The first-order chi connectivity index (χ1) is 15.0. The van der Waals surface area contributed by atoms with Crippen LogP contribution < -0.4 is 14.8 Å². The highest BCUT2D eigenvalue weighted by molar-refractivity contribution is 7.91. The van der Waals surface area contributed by atoms with Crippen molar-refractivity contribution in [2.45, 2.75) is 50.1 Å². The Morgan fingerprint density at radius 2 is 1.91 bits per heavy atom. The summed E-state index contributed by atoms with van der Waals surface area (Å²) in [6, 6.07) is 12.3. The topological polar surface area (TPSA) is 110 Å². The van der Waals surface area contributed by atoms with E-state index in [0.717, 1.165) is 28.0 Å². The zero-order valence-electron chi connectivity index (χ0n) is 18.2. The minimum absolute atomic E-state index is 0.113. The molecular weight excluding hydrogens is 448 g/mol. The van der Waals surface area contributed by atoms with Crippen molar-refractivity contribution in [1.29, 1.82) is 0 Å². The summed E-state index contributed by atoms with van der Waals surface area (Å²) in [5.74, 6) is 0.287. The maximum atomic E-state index is 13.1. The van der Waals surface area contributed by atoms with Gasteiger partial charge in [0.25, 0.3) is 15.9 Å². The highest BCUT2D eigenvalue weighted by Gasteiger charge is 2.37. The van der Waals surface area contributed by atoms with Crippen LogP contribution in [0.4, 0.5) is 5.13 Å². The van der Waals surface area contributed by atoms with Crippen LogP contribution in [-0.2, 0) is 10.0 Å². The number of aromatic nitrogens is 2. The number of hydrogen-bond acceptors (Lipinski definition) is 7. The molecule has 4 rings (SSSR count). The van der Waals surface area contributed by atoms with Gasteiger partial charge in [-0.25, -0.2) is 13.1 Å². The number of rotatable bonds is 5. The van der Waals surface area contributed by atoms with Crippen LogP contribution in [0.15, 0.2) is 46.8 Å². The fourth-order valence-corrected chi connectivity index (χ4v) is 5.80. The smallest absolute Gasteiger partial charge is 0.270 e. The second-order valence-electron chi connectivity index (χ2n) is 8.42. The van der Waals surface area contributed by atoms with Crippen molar-refractivity contribution >= 4 is 32.4 Å². The van der Waals surface area contributed by atoms with E-state index in [2.05, 4.69) is 20.2 Å². The number of amides is 1. The molecule has 2 aromatic carbocycles. The molecule has 1 aliphatic rings. The first-order valence-electron chi connectivity index (χ1n) is 10.1. The third kappa shape index (κ3) is 4.67. The SMILES string of the molecule is Cc1ccc2c(c1)C(NS(=O)(=O)c1nnc(NC(=O)c3ccccc3C)s1)CC(C)(C)O2. The average molecular weight is 473 g/mol. The molecule has 0 saturated heterocycles. The Morgan fingerprint density at radius 1 is 1.16 bits per heavy atom. The first kappa shape index (κ1) is 22.4. The molecule has 1 aliphatic heterocycles. The van der Waals surface area contributed by atoms with Crippen molar-refractivity contribution in [1.82, 2.24) is 14.9 Å². The van der Waals surface area contributed by atoms with Crippen LogP contribution >= 0.6 is 11.3 Å². The van der Waals surface area contributed by atoms with E-state index in [1.807, 2.05) is 58.0 Å². The second kappa shape index (κ2) is 8.27. The monoisotopic (exact) mass is 472 g/mol. The lowest BCUT2D eigenvalue weighted by Gasteiger charge is -2.37. The number of benzene rings is 2. The summed E-state index contributed by atoms with van der Waals surface area (Å²) in [6.45, 7) is 7.60.